The normalized spacial score (nSPS) is 11.6. The van der Waals surface area contributed by atoms with E-state index in [0.717, 1.165) is 33.8 Å². The van der Waals surface area contributed by atoms with Crippen molar-refractivity contribution < 1.29 is 14.3 Å². The van der Waals surface area contributed by atoms with E-state index in [-0.39, 0.29) is 5.91 Å². The topological polar surface area (TPSA) is 73.3 Å². The summed E-state index contributed by atoms with van der Waals surface area (Å²) in [5, 5.41) is 2.87. The number of hydrogen-bond acceptors (Lipinski definition) is 5. The van der Waals surface area contributed by atoms with Crippen LogP contribution in [0.4, 0.5) is 0 Å². The van der Waals surface area contributed by atoms with Gasteiger partial charge in [0.1, 0.15) is 17.8 Å². The third-order valence-electron chi connectivity index (χ3n) is 4.43. The van der Waals surface area contributed by atoms with Gasteiger partial charge in [0.05, 0.1) is 25.0 Å². The van der Waals surface area contributed by atoms with Crippen molar-refractivity contribution in [1.82, 2.24) is 15.3 Å². The van der Waals surface area contributed by atoms with Crippen LogP contribution in [-0.4, -0.2) is 29.1 Å². The van der Waals surface area contributed by atoms with Gasteiger partial charge in [0.25, 0.3) is 5.91 Å². The molecule has 0 aliphatic carbocycles. The molecule has 2 aromatic carbocycles. The van der Waals surface area contributed by atoms with Gasteiger partial charge in [-0.3, -0.25) is 4.79 Å². The third-order valence-corrected chi connectivity index (χ3v) is 4.43. The van der Waals surface area contributed by atoms with Crippen molar-refractivity contribution in [2.75, 3.05) is 7.11 Å². The number of amides is 1. The zero-order chi connectivity index (χ0) is 20.8. The molecule has 6 heteroatoms. The van der Waals surface area contributed by atoms with Gasteiger partial charge in [-0.1, -0.05) is 6.07 Å². The van der Waals surface area contributed by atoms with Crippen molar-refractivity contribution in [2.24, 2.45) is 0 Å². The SMILES string of the molecule is COc1ccc(-c2cc(CNC(=O)C(C)Oc3cc(C)cc(C)c3)ncn2)cc1. The smallest absolute Gasteiger partial charge is 0.261 e. The van der Waals surface area contributed by atoms with Crippen LogP contribution in [0.1, 0.15) is 23.7 Å². The number of hydrogen-bond donors (Lipinski definition) is 1. The molecule has 150 valence electrons. The van der Waals surface area contributed by atoms with Crippen LogP contribution >= 0.6 is 0 Å². The van der Waals surface area contributed by atoms with Crippen molar-refractivity contribution in [2.45, 2.75) is 33.4 Å². The highest BCUT2D eigenvalue weighted by Gasteiger charge is 2.15. The Morgan fingerprint density at radius 3 is 2.34 bits per heavy atom. The lowest BCUT2D eigenvalue weighted by Gasteiger charge is -2.15. The summed E-state index contributed by atoms with van der Waals surface area (Å²) < 4.78 is 11.0. The van der Waals surface area contributed by atoms with Crippen molar-refractivity contribution in [3.05, 3.63) is 71.7 Å². The Hall–Kier alpha value is -3.41. The molecule has 29 heavy (non-hydrogen) atoms. The fourth-order valence-electron chi connectivity index (χ4n) is 2.99. The predicted octanol–water partition coefficient (Wildman–Crippen LogP) is 3.85. The van der Waals surface area contributed by atoms with E-state index in [1.807, 2.05) is 56.3 Å². The Morgan fingerprint density at radius 1 is 1.00 bits per heavy atom. The first-order valence-corrected chi connectivity index (χ1v) is 9.42. The number of nitrogens with zero attached hydrogens (tertiary/aromatic N) is 2. The zero-order valence-corrected chi connectivity index (χ0v) is 17.1. The molecule has 0 bridgehead atoms. The molecule has 3 rings (SSSR count). The molecule has 1 heterocycles. The molecule has 1 atom stereocenters. The maximum atomic E-state index is 12.4. The number of ether oxygens (including phenoxy) is 2. The zero-order valence-electron chi connectivity index (χ0n) is 17.1. The third kappa shape index (κ3) is 5.54. The summed E-state index contributed by atoms with van der Waals surface area (Å²) >= 11 is 0. The van der Waals surface area contributed by atoms with Gasteiger partial charge >= 0.3 is 0 Å². The lowest BCUT2D eigenvalue weighted by molar-refractivity contribution is -0.127. The molecule has 0 aliphatic heterocycles. The molecular weight excluding hydrogens is 366 g/mol. The first kappa shape index (κ1) is 20.3. The fraction of sp³-hybridized carbons (Fsp3) is 0.261. The number of carbonyl (C=O) groups is 1. The fourth-order valence-corrected chi connectivity index (χ4v) is 2.99. The lowest BCUT2D eigenvalue weighted by atomic mass is 10.1. The second-order valence-electron chi connectivity index (χ2n) is 6.92. The van der Waals surface area contributed by atoms with Crippen LogP contribution in [0.3, 0.4) is 0 Å². The monoisotopic (exact) mass is 391 g/mol. The van der Waals surface area contributed by atoms with Gasteiger partial charge in [-0.05, 0) is 74.4 Å². The van der Waals surface area contributed by atoms with Gasteiger partial charge in [-0.15, -0.1) is 0 Å². The average Bonchev–Trinajstić information content (AvgIpc) is 2.71. The average molecular weight is 391 g/mol. The Kier molecular flexibility index (Phi) is 6.44. The lowest BCUT2D eigenvalue weighted by Crippen LogP contribution is -2.36. The molecule has 1 unspecified atom stereocenters. The van der Waals surface area contributed by atoms with Crippen LogP contribution in [-0.2, 0) is 11.3 Å². The van der Waals surface area contributed by atoms with E-state index in [4.69, 9.17) is 9.47 Å². The molecule has 0 saturated carbocycles. The van der Waals surface area contributed by atoms with Gasteiger partial charge in [0.15, 0.2) is 6.10 Å². The van der Waals surface area contributed by atoms with Crippen LogP contribution in [0.15, 0.2) is 54.9 Å². The molecule has 1 aromatic heterocycles. The number of nitrogens with one attached hydrogen (secondary N) is 1. The second kappa shape index (κ2) is 9.19. The molecular formula is C23H25N3O3. The van der Waals surface area contributed by atoms with E-state index >= 15 is 0 Å². The van der Waals surface area contributed by atoms with Crippen molar-refractivity contribution in [3.8, 4) is 22.8 Å². The van der Waals surface area contributed by atoms with Crippen LogP contribution in [0.2, 0.25) is 0 Å². The van der Waals surface area contributed by atoms with E-state index in [1.165, 1.54) is 6.33 Å². The standard InChI is InChI=1S/C23H25N3O3/c1-15-9-16(2)11-21(10-15)29-17(3)23(27)24-13-19-12-22(26-14-25-19)18-5-7-20(28-4)8-6-18/h5-12,14,17H,13H2,1-4H3,(H,24,27). The number of methoxy groups -OCH3 is 1. The maximum absolute atomic E-state index is 12.4. The summed E-state index contributed by atoms with van der Waals surface area (Å²) in [5.41, 5.74) is 4.65. The van der Waals surface area contributed by atoms with Gasteiger partial charge in [-0.2, -0.15) is 0 Å². The van der Waals surface area contributed by atoms with Crippen LogP contribution < -0.4 is 14.8 Å². The minimum Gasteiger partial charge on any atom is -0.497 e. The first-order valence-electron chi connectivity index (χ1n) is 9.42. The Bertz CT molecular complexity index is 967. The van der Waals surface area contributed by atoms with Crippen LogP contribution in [0.5, 0.6) is 11.5 Å². The summed E-state index contributed by atoms with van der Waals surface area (Å²) in [5.74, 6) is 1.27. The molecule has 1 amide bonds. The van der Waals surface area contributed by atoms with E-state index in [1.54, 1.807) is 14.0 Å². The second-order valence-corrected chi connectivity index (χ2v) is 6.92. The van der Waals surface area contributed by atoms with E-state index in [0.29, 0.717) is 12.3 Å². The molecule has 0 spiro atoms. The molecule has 0 saturated heterocycles. The van der Waals surface area contributed by atoms with E-state index < -0.39 is 6.10 Å². The number of aryl methyl sites for hydroxylation is 2. The summed E-state index contributed by atoms with van der Waals surface area (Å²) in [6, 6.07) is 15.4. The predicted molar refractivity (Wildman–Crippen MR) is 112 cm³/mol. The Labute approximate surface area is 170 Å². The van der Waals surface area contributed by atoms with Gasteiger partial charge in [-0.25, -0.2) is 9.97 Å². The van der Waals surface area contributed by atoms with E-state index in [9.17, 15) is 4.79 Å². The maximum Gasteiger partial charge on any atom is 0.261 e. The summed E-state index contributed by atoms with van der Waals surface area (Å²) in [7, 11) is 1.63. The number of aromatic nitrogens is 2. The minimum absolute atomic E-state index is 0.200. The summed E-state index contributed by atoms with van der Waals surface area (Å²) in [6.45, 7) is 6.03. The van der Waals surface area contributed by atoms with Crippen molar-refractivity contribution in [1.29, 1.82) is 0 Å². The molecule has 3 aromatic rings. The molecule has 1 N–H and O–H groups in total. The van der Waals surface area contributed by atoms with Crippen LogP contribution in [0.25, 0.3) is 11.3 Å². The van der Waals surface area contributed by atoms with Gasteiger partial charge in [0, 0.05) is 5.56 Å². The molecule has 6 nitrogen and oxygen atoms in total. The van der Waals surface area contributed by atoms with Gasteiger partial charge in [0.2, 0.25) is 0 Å². The number of rotatable bonds is 7. The highest BCUT2D eigenvalue weighted by molar-refractivity contribution is 5.80. The quantitative estimate of drug-likeness (QED) is 0.662. The van der Waals surface area contributed by atoms with Crippen molar-refractivity contribution >= 4 is 5.91 Å². The molecule has 0 aliphatic rings. The van der Waals surface area contributed by atoms with Crippen LogP contribution in [0, 0.1) is 13.8 Å². The summed E-state index contributed by atoms with van der Waals surface area (Å²) in [6.07, 6.45) is 0.885. The highest BCUT2D eigenvalue weighted by Crippen LogP contribution is 2.21. The summed E-state index contributed by atoms with van der Waals surface area (Å²) in [4.78, 5) is 21.0. The molecule has 0 fully saturated rings. The minimum atomic E-state index is -0.612. The first-order chi connectivity index (χ1) is 13.9. The number of carbonyl (C=O) groups excluding carboxylic acids is 1. The highest BCUT2D eigenvalue weighted by atomic mass is 16.5. The Balaban J connectivity index is 1.60. The van der Waals surface area contributed by atoms with Crippen molar-refractivity contribution in [3.63, 3.8) is 0 Å². The van der Waals surface area contributed by atoms with Gasteiger partial charge < -0.3 is 14.8 Å². The molecule has 0 radical (unpaired) electrons. The van der Waals surface area contributed by atoms with E-state index in [2.05, 4.69) is 21.4 Å². The Morgan fingerprint density at radius 2 is 1.69 bits per heavy atom. The largest absolute Gasteiger partial charge is 0.497 e. The number of benzene rings is 2.